The van der Waals surface area contributed by atoms with Crippen molar-refractivity contribution in [3.63, 3.8) is 0 Å². The second kappa shape index (κ2) is 4.69. The molecule has 1 saturated heterocycles. The van der Waals surface area contributed by atoms with Crippen LogP contribution in [0.1, 0.15) is 19.3 Å². The van der Waals surface area contributed by atoms with E-state index in [0.29, 0.717) is 0 Å². The molecule has 0 aliphatic carbocycles. The van der Waals surface area contributed by atoms with Gasteiger partial charge in [-0.25, -0.2) is 0 Å². The zero-order chi connectivity index (χ0) is 7.23. The lowest BCUT2D eigenvalue weighted by molar-refractivity contribution is -0.627. The van der Waals surface area contributed by atoms with Gasteiger partial charge in [-0.3, -0.25) is 0 Å². The van der Waals surface area contributed by atoms with E-state index < -0.39 is 0 Å². The van der Waals surface area contributed by atoms with Crippen LogP contribution >= 0.6 is 0 Å². The van der Waals surface area contributed by atoms with E-state index in [1.165, 1.54) is 45.4 Å². The number of quaternary nitrogens is 1. The lowest BCUT2D eigenvalue weighted by Crippen LogP contribution is -2.79. The van der Waals surface area contributed by atoms with Gasteiger partial charge < -0.3 is 10.2 Å². The zero-order valence-corrected chi connectivity index (χ0v) is 6.97. The average Bonchev–Trinajstić information content (AvgIpc) is 2.41. The summed E-state index contributed by atoms with van der Waals surface area (Å²) < 4.78 is 0. The molecule has 1 fully saturated rings. The number of likely N-dealkylation sites (tertiary alicyclic amines) is 1. The Hall–Kier alpha value is -0.0800. The summed E-state index contributed by atoms with van der Waals surface area (Å²) in [5.74, 6) is 0. The molecule has 0 bridgehead atoms. The number of rotatable bonds is 4. The van der Waals surface area contributed by atoms with E-state index in [0.717, 1.165) is 0 Å². The highest BCUT2D eigenvalue weighted by Crippen LogP contribution is 2.06. The molecule has 1 heterocycles. The highest BCUT2D eigenvalue weighted by atomic mass is 15.1. The molecule has 2 nitrogen and oxygen atoms in total. The Morgan fingerprint density at radius 1 is 1.30 bits per heavy atom. The fourth-order valence-electron chi connectivity index (χ4n) is 1.53. The summed E-state index contributed by atoms with van der Waals surface area (Å²) in [6.45, 7) is 5.31. The summed E-state index contributed by atoms with van der Waals surface area (Å²) in [5, 5.41) is 2.26. The molecular formula is C8H19N2+. The van der Waals surface area contributed by atoms with Crippen LogP contribution in [-0.2, 0) is 0 Å². The van der Waals surface area contributed by atoms with Crippen molar-refractivity contribution < 1.29 is 5.32 Å². The number of hydrogen-bond donors (Lipinski definition) is 1. The Labute approximate surface area is 63.6 Å². The zero-order valence-electron chi connectivity index (χ0n) is 6.97. The summed E-state index contributed by atoms with van der Waals surface area (Å²) in [6, 6.07) is 0. The van der Waals surface area contributed by atoms with E-state index in [-0.39, 0.29) is 0 Å². The van der Waals surface area contributed by atoms with E-state index in [9.17, 15) is 0 Å². The molecule has 2 N–H and O–H groups in total. The molecule has 1 rings (SSSR count). The number of nitrogens with zero attached hydrogens (tertiary/aromatic N) is 1. The second-order valence-corrected chi connectivity index (χ2v) is 3.10. The van der Waals surface area contributed by atoms with Crippen molar-refractivity contribution in [1.82, 2.24) is 4.90 Å². The summed E-state index contributed by atoms with van der Waals surface area (Å²) in [7, 11) is 2.14. The van der Waals surface area contributed by atoms with Crippen LogP contribution in [0, 0.1) is 0 Å². The van der Waals surface area contributed by atoms with Crippen LogP contribution in [0.3, 0.4) is 0 Å². The quantitative estimate of drug-likeness (QED) is 0.534. The van der Waals surface area contributed by atoms with Gasteiger partial charge in [0.15, 0.2) is 0 Å². The minimum Gasteiger partial charge on any atom is -0.349 e. The van der Waals surface area contributed by atoms with Gasteiger partial charge in [0.2, 0.25) is 0 Å². The molecule has 0 aromatic heterocycles. The minimum atomic E-state index is 1.29. The fourth-order valence-corrected chi connectivity index (χ4v) is 1.53. The fraction of sp³-hybridized carbons (Fsp3) is 1.00. The third-order valence-corrected chi connectivity index (χ3v) is 2.17. The number of nitrogens with two attached hydrogens (primary N) is 1. The normalized spacial score (nSPS) is 20.1. The van der Waals surface area contributed by atoms with Crippen molar-refractivity contribution in [2.75, 3.05) is 33.2 Å². The SMILES string of the molecule is C[NH2+]CCCN1CCCC1. The largest absolute Gasteiger partial charge is 0.349 e. The Bertz CT molecular complexity index is 77.3. The Balaban J connectivity index is 1.91. The first-order valence-corrected chi connectivity index (χ1v) is 4.43. The van der Waals surface area contributed by atoms with E-state index in [4.69, 9.17) is 0 Å². The minimum absolute atomic E-state index is 1.29. The third kappa shape index (κ3) is 2.67. The van der Waals surface area contributed by atoms with Crippen LogP contribution in [-0.4, -0.2) is 38.1 Å². The van der Waals surface area contributed by atoms with E-state index in [1.807, 2.05) is 0 Å². The highest BCUT2D eigenvalue weighted by molar-refractivity contribution is 4.64. The molecule has 0 spiro atoms. The Morgan fingerprint density at radius 2 is 2.00 bits per heavy atom. The van der Waals surface area contributed by atoms with Gasteiger partial charge in [-0.1, -0.05) is 0 Å². The highest BCUT2D eigenvalue weighted by Gasteiger charge is 2.09. The molecule has 1 aliphatic rings. The van der Waals surface area contributed by atoms with Gasteiger partial charge >= 0.3 is 0 Å². The number of hydrogen-bond acceptors (Lipinski definition) is 1. The van der Waals surface area contributed by atoms with Crippen LogP contribution in [0.2, 0.25) is 0 Å². The molecule has 2 heteroatoms. The molecule has 0 amide bonds. The second-order valence-electron chi connectivity index (χ2n) is 3.10. The van der Waals surface area contributed by atoms with Gasteiger partial charge in [0.25, 0.3) is 0 Å². The van der Waals surface area contributed by atoms with Gasteiger partial charge in [-0.05, 0) is 25.9 Å². The predicted molar refractivity (Wildman–Crippen MR) is 43.0 cm³/mol. The van der Waals surface area contributed by atoms with Gasteiger partial charge in [0.1, 0.15) is 0 Å². The van der Waals surface area contributed by atoms with Crippen LogP contribution < -0.4 is 5.32 Å². The molecule has 0 unspecified atom stereocenters. The summed E-state index contributed by atoms with van der Waals surface area (Å²) >= 11 is 0. The van der Waals surface area contributed by atoms with E-state index >= 15 is 0 Å². The average molecular weight is 143 g/mol. The topological polar surface area (TPSA) is 19.9 Å². The maximum atomic E-state index is 2.57. The van der Waals surface area contributed by atoms with Gasteiger partial charge in [-0.2, -0.15) is 0 Å². The van der Waals surface area contributed by atoms with Crippen LogP contribution in [0.15, 0.2) is 0 Å². The van der Waals surface area contributed by atoms with Gasteiger partial charge in [-0.15, -0.1) is 0 Å². The van der Waals surface area contributed by atoms with Gasteiger partial charge in [0, 0.05) is 13.0 Å². The maximum Gasteiger partial charge on any atom is 0.0765 e. The third-order valence-electron chi connectivity index (χ3n) is 2.17. The molecule has 0 saturated carbocycles. The van der Waals surface area contributed by atoms with Crippen molar-refractivity contribution in [3.8, 4) is 0 Å². The van der Waals surface area contributed by atoms with Crippen molar-refractivity contribution >= 4 is 0 Å². The van der Waals surface area contributed by atoms with Crippen molar-refractivity contribution in [2.45, 2.75) is 19.3 Å². The molecule has 0 atom stereocenters. The first-order chi connectivity index (χ1) is 4.93. The lowest BCUT2D eigenvalue weighted by atomic mass is 10.4. The van der Waals surface area contributed by atoms with Crippen molar-refractivity contribution in [1.29, 1.82) is 0 Å². The molecule has 0 aromatic rings. The molecule has 10 heavy (non-hydrogen) atoms. The van der Waals surface area contributed by atoms with Gasteiger partial charge in [0.05, 0.1) is 13.6 Å². The van der Waals surface area contributed by atoms with Crippen LogP contribution in [0.25, 0.3) is 0 Å². The summed E-state index contributed by atoms with van der Waals surface area (Å²) in [6.07, 6.45) is 4.21. The van der Waals surface area contributed by atoms with E-state index in [2.05, 4.69) is 17.3 Å². The lowest BCUT2D eigenvalue weighted by Gasteiger charge is -2.12. The first-order valence-electron chi connectivity index (χ1n) is 4.43. The van der Waals surface area contributed by atoms with E-state index in [1.54, 1.807) is 0 Å². The Morgan fingerprint density at radius 3 is 2.60 bits per heavy atom. The van der Waals surface area contributed by atoms with Crippen LogP contribution in [0.4, 0.5) is 0 Å². The first kappa shape index (κ1) is 8.02. The molecular weight excluding hydrogens is 124 g/mol. The van der Waals surface area contributed by atoms with Crippen molar-refractivity contribution in [3.05, 3.63) is 0 Å². The maximum absolute atomic E-state index is 2.57. The Kier molecular flexibility index (Phi) is 3.76. The molecule has 0 aromatic carbocycles. The standard InChI is InChI=1S/C8H18N2/c1-9-5-4-8-10-6-2-3-7-10/h9H,2-8H2,1H3/p+1. The summed E-state index contributed by atoms with van der Waals surface area (Å²) in [4.78, 5) is 2.57. The van der Waals surface area contributed by atoms with Crippen molar-refractivity contribution in [2.24, 2.45) is 0 Å². The molecule has 60 valence electrons. The predicted octanol–water partition coefficient (Wildman–Crippen LogP) is -0.334. The monoisotopic (exact) mass is 143 g/mol. The van der Waals surface area contributed by atoms with Crippen LogP contribution in [0.5, 0.6) is 0 Å². The molecule has 1 aliphatic heterocycles. The smallest absolute Gasteiger partial charge is 0.0765 e. The summed E-state index contributed by atoms with van der Waals surface area (Å²) in [5.41, 5.74) is 0. The molecule has 0 radical (unpaired) electrons.